The number of rotatable bonds is 5. The Labute approximate surface area is 89.1 Å². The first kappa shape index (κ1) is 10.1. The molecular weight excluding hydrogens is 190 g/mol. The van der Waals surface area contributed by atoms with Crippen LogP contribution in [0.3, 0.4) is 0 Å². The SMILES string of the molecule is CC(Cc1ccco1)NCc1ccoc1. The van der Waals surface area contributed by atoms with Gasteiger partial charge in [0.2, 0.25) is 0 Å². The summed E-state index contributed by atoms with van der Waals surface area (Å²) in [7, 11) is 0. The Morgan fingerprint density at radius 3 is 2.93 bits per heavy atom. The van der Waals surface area contributed by atoms with Gasteiger partial charge in [-0.15, -0.1) is 0 Å². The maximum absolute atomic E-state index is 5.28. The predicted octanol–water partition coefficient (Wildman–Crippen LogP) is 2.59. The highest BCUT2D eigenvalue weighted by Gasteiger charge is 2.05. The van der Waals surface area contributed by atoms with Gasteiger partial charge in [0.1, 0.15) is 5.76 Å². The van der Waals surface area contributed by atoms with Gasteiger partial charge in [-0.3, -0.25) is 0 Å². The van der Waals surface area contributed by atoms with Gasteiger partial charge >= 0.3 is 0 Å². The van der Waals surface area contributed by atoms with Gasteiger partial charge in [-0.2, -0.15) is 0 Å². The normalized spacial score (nSPS) is 12.9. The molecule has 0 amide bonds. The average molecular weight is 205 g/mol. The van der Waals surface area contributed by atoms with Gasteiger partial charge in [-0.05, 0) is 25.1 Å². The molecule has 80 valence electrons. The highest BCUT2D eigenvalue weighted by atomic mass is 16.3. The lowest BCUT2D eigenvalue weighted by Crippen LogP contribution is -2.27. The van der Waals surface area contributed by atoms with Crippen LogP contribution in [0.25, 0.3) is 0 Å². The molecule has 0 aromatic carbocycles. The van der Waals surface area contributed by atoms with Crippen molar-refractivity contribution >= 4 is 0 Å². The molecule has 0 aliphatic rings. The maximum Gasteiger partial charge on any atom is 0.105 e. The molecular formula is C12H15NO2. The molecule has 0 spiro atoms. The third kappa shape index (κ3) is 2.99. The Morgan fingerprint density at radius 2 is 2.27 bits per heavy atom. The van der Waals surface area contributed by atoms with E-state index in [-0.39, 0.29) is 0 Å². The Kier molecular flexibility index (Phi) is 3.25. The zero-order valence-electron chi connectivity index (χ0n) is 8.77. The van der Waals surface area contributed by atoms with Crippen LogP contribution in [0.5, 0.6) is 0 Å². The lowest BCUT2D eigenvalue weighted by molar-refractivity contribution is 0.455. The minimum atomic E-state index is 0.394. The van der Waals surface area contributed by atoms with Crippen molar-refractivity contribution in [3.05, 3.63) is 48.3 Å². The molecule has 0 saturated heterocycles. The molecule has 3 nitrogen and oxygen atoms in total. The molecule has 0 fully saturated rings. The van der Waals surface area contributed by atoms with E-state index < -0.39 is 0 Å². The largest absolute Gasteiger partial charge is 0.472 e. The lowest BCUT2D eigenvalue weighted by Gasteiger charge is -2.10. The fraction of sp³-hybridized carbons (Fsp3) is 0.333. The molecule has 3 heteroatoms. The molecule has 15 heavy (non-hydrogen) atoms. The summed E-state index contributed by atoms with van der Waals surface area (Å²) in [5.74, 6) is 1.02. The first-order valence-corrected chi connectivity index (χ1v) is 5.11. The maximum atomic E-state index is 5.28. The van der Waals surface area contributed by atoms with E-state index in [0.717, 1.165) is 18.7 Å². The summed E-state index contributed by atoms with van der Waals surface area (Å²) in [6, 6.07) is 6.27. The molecule has 0 bridgehead atoms. The zero-order valence-corrected chi connectivity index (χ0v) is 8.77. The summed E-state index contributed by atoms with van der Waals surface area (Å²) in [6.07, 6.45) is 6.06. The van der Waals surface area contributed by atoms with E-state index in [0.29, 0.717) is 6.04 Å². The van der Waals surface area contributed by atoms with Crippen LogP contribution in [0.2, 0.25) is 0 Å². The second kappa shape index (κ2) is 4.84. The zero-order chi connectivity index (χ0) is 10.5. The molecule has 2 heterocycles. The average Bonchev–Trinajstić information content (AvgIpc) is 2.86. The fourth-order valence-electron chi connectivity index (χ4n) is 1.49. The van der Waals surface area contributed by atoms with Crippen LogP contribution in [-0.4, -0.2) is 6.04 Å². The van der Waals surface area contributed by atoms with E-state index in [1.807, 2.05) is 18.2 Å². The monoisotopic (exact) mass is 205 g/mol. The van der Waals surface area contributed by atoms with Gasteiger partial charge in [0.25, 0.3) is 0 Å². The van der Waals surface area contributed by atoms with Crippen molar-refractivity contribution in [2.45, 2.75) is 25.9 Å². The van der Waals surface area contributed by atoms with Gasteiger partial charge in [-0.1, -0.05) is 0 Å². The Morgan fingerprint density at radius 1 is 1.33 bits per heavy atom. The van der Waals surface area contributed by atoms with Gasteiger partial charge in [0, 0.05) is 24.6 Å². The molecule has 2 aromatic rings. The molecule has 1 N–H and O–H groups in total. The van der Waals surface area contributed by atoms with Crippen molar-refractivity contribution < 1.29 is 8.83 Å². The standard InChI is InChI=1S/C12H15NO2/c1-10(7-12-3-2-5-15-12)13-8-11-4-6-14-9-11/h2-6,9-10,13H,7-8H2,1H3. The number of furan rings is 2. The number of hydrogen-bond acceptors (Lipinski definition) is 3. The fourth-order valence-corrected chi connectivity index (χ4v) is 1.49. The van der Waals surface area contributed by atoms with Crippen LogP contribution >= 0.6 is 0 Å². The van der Waals surface area contributed by atoms with Crippen molar-refractivity contribution in [1.29, 1.82) is 0 Å². The topological polar surface area (TPSA) is 38.3 Å². The van der Waals surface area contributed by atoms with Gasteiger partial charge in [0.05, 0.1) is 18.8 Å². The molecule has 0 aliphatic heterocycles. The summed E-state index contributed by atoms with van der Waals surface area (Å²) in [4.78, 5) is 0. The van der Waals surface area contributed by atoms with Crippen LogP contribution in [0.4, 0.5) is 0 Å². The molecule has 0 saturated carbocycles. The first-order chi connectivity index (χ1) is 7.34. The van der Waals surface area contributed by atoms with E-state index in [1.54, 1.807) is 18.8 Å². The van der Waals surface area contributed by atoms with E-state index in [9.17, 15) is 0 Å². The predicted molar refractivity (Wildman–Crippen MR) is 57.4 cm³/mol. The van der Waals surface area contributed by atoms with Crippen molar-refractivity contribution in [3.8, 4) is 0 Å². The molecule has 2 rings (SSSR count). The van der Waals surface area contributed by atoms with E-state index in [2.05, 4.69) is 12.2 Å². The molecule has 2 aromatic heterocycles. The van der Waals surface area contributed by atoms with Crippen LogP contribution in [-0.2, 0) is 13.0 Å². The second-order valence-corrected chi connectivity index (χ2v) is 3.70. The van der Waals surface area contributed by atoms with Gasteiger partial charge in [0.15, 0.2) is 0 Å². The van der Waals surface area contributed by atoms with Gasteiger partial charge < -0.3 is 14.2 Å². The highest BCUT2D eigenvalue weighted by molar-refractivity contribution is 5.05. The molecule has 1 unspecified atom stereocenters. The molecule has 0 aliphatic carbocycles. The Balaban J connectivity index is 1.76. The van der Waals surface area contributed by atoms with Crippen molar-refractivity contribution in [3.63, 3.8) is 0 Å². The Bertz CT molecular complexity index is 364. The third-order valence-corrected chi connectivity index (χ3v) is 2.32. The van der Waals surface area contributed by atoms with E-state index in [4.69, 9.17) is 8.83 Å². The summed E-state index contributed by atoms with van der Waals surface area (Å²) in [5.41, 5.74) is 1.17. The summed E-state index contributed by atoms with van der Waals surface area (Å²) >= 11 is 0. The highest BCUT2D eigenvalue weighted by Crippen LogP contribution is 2.05. The van der Waals surface area contributed by atoms with Crippen LogP contribution in [0.1, 0.15) is 18.2 Å². The van der Waals surface area contributed by atoms with Crippen LogP contribution < -0.4 is 5.32 Å². The van der Waals surface area contributed by atoms with Gasteiger partial charge in [-0.25, -0.2) is 0 Å². The van der Waals surface area contributed by atoms with Crippen molar-refractivity contribution in [2.75, 3.05) is 0 Å². The second-order valence-electron chi connectivity index (χ2n) is 3.70. The lowest BCUT2D eigenvalue weighted by atomic mass is 10.2. The minimum absolute atomic E-state index is 0.394. The smallest absolute Gasteiger partial charge is 0.105 e. The number of nitrogens with one attached hydrogen (secondary N) is 1. The molecule has 1 atom stereocenters. The summed E-state index contributed by atoms with van der Waals surface area (Å²) in [5, 5.41) is 3.40. The quantitative estimate of drug-likeness (QED) is 0.815. The van der Waals surface area contributed by atoms with Crippen LogP contribution in [0.15, 0.2) is 45.8 Å². The molecule has 0 radical (unpaired) electrons. The van der Waals surface area contributed by atoms with E-state index in [1.165, 1.54) is 5.56 Å². The minimum Gasteiger partial charge on any atom is -0.472 e. The van der Waals surface area contributed by atoms with Crippen molar-refractivity contribution in [1.82, 2.24) is 5.32 Å². The summed E-state index contributed by atoms with van der Waals surface area (Å²) in [6.45, 7) is 2.97. The Hall–Kier alpha value is -1.48. The van der Waals surface area contributed by atoms with Crippen LogP contribution in [0, 0.1) is 0 Å². The number of hydrogen-bond donors (Lipinski definition) is 1. The first-order valence-electron chi connectivity index (χ1n) is 5.11. The summed E-state index contributed by atoms with van der Waals surface area (Å²) < 4.78 is 10.3. The third-order valence-electron chi connectivity index (χ3n) is 2.32. The van der Waals surface area contributed by atoms with Crippen molar-refractivity contribution in [2.24, 2.45) is 0 Å². The van der Waals surface area contributed by atoms with E-state index >= 15 is 0 Å².